The molecule has 3 aromatic rings. The molecule has 0 aliphatic rings. The number of terminal acetylenes is 1. The summed E-state index contributed by atoms with van der Waals surface area (Å²) in [5, 5.41) is 0. The van der Waals surface area contributed by atoms with Crippen molar-refractivity contribution in [3.63, 3.8) is 0 Å². The topological polar surface area (TPSA) is 18.5 Å². The van der Waals surface area contributed by atoms with Crippen molar-refractivity contribution in [1.82, 2.24) is 0 Å². The molecule has 3 aromatic carbocycles. The fourth-order valence-electron chi connectivity index (χ4n) is 3.90. The van der Waals surface area contributed by atoms with E-state index in [1.807, 2.05) is 62.4 Å². The molecule has 1 unspecified atom stereocenters. The van der Waals surface area contributed by atoms with E-state index in [-0.39, 0.29) is 23.1 Å². The molecule has 166 valence electrons. The Morgan fingerprint density at radius 2 is 1.69 bits per heavy atom. The standard InChI is InChI=1S/C29H31FO2/c1-5-29(6-2,24-15-17-26(18-16-24)31-22(3)4)20-10-11-23-14-19-27(30)28(21-23)32-25-12-8-7-9-13-25/h1,7-9,12-19,21-22H,6,10-11,20H2,2-4H3. The quantitative estimate of drug-likeness (QED) is 0.307. The van der Waals surface area contributed by atoms with Gasteiger partial charge in [0.2, 0.25) is 0 Å². The number of aryl methyl sites for hydroxylation is 1. The van der Waals surface area contributed by atoms with Crippen molar-refractivity contribution in [2.45, 2.75) is 58.0 Å². The molecule has 3 rings (SSSR count). The Hall–Kier alpha value is -3.25. The zero-order valence-electron chi connectivity index (χ0n) is 19.1. The van der Waals surface area contributed by atoms with Crippen LogP contribution in [0.2, 0.25) is 0 Å². The van der Waals surface area contributed by atoms with Gasteiger partial charge in [0.15, 0.2) is 11.6 Å². The second-order valence-corrected chi connectivity index (χ2v) is 8.30. The summed E-state index contributed by atoms with van der Waals surface area (Å²) in [4.78, 5) is 0. The zero-order chi connectivity index (χ0) is 23.0. The third-order valence-corrected chi connectivity index (χ3v) is 5.69. The molecule has 0 fully saturated rings. The Morgan fingerprint density at radius 3 is 2.31 bits per heavy atom. The van der Waals surface area contributed by atoms with Crippen LogP contribution >= 0.6 is 0 Å². The van der Waals surface area contributed by atoms with Crippen molar-refractivity contribution >= 4 is 0 Å². The van der Waals surface area contributed by atoms with Crippen LogP contribution in [0, 0.1) is 18.2 Å². The summed E-state index contributed by atoms with van der Waals surface area (Å²) < 4.78 is 25.7. The highest BCUT2D eigenvalue weighted by Crippen LogP contribution is 2.34. The molecule has 0 saturated heterocycles. The highest BCUT2D eigenvalue weighted by Gasteiger charge is 2.27. The van der Waals surface area contributed by atoms with Crippen molar-refractivity contribution in [2.75, 3.05) is 0 Å². The molecular weight excluding hydrogens is 399 g/mol. The first-order valence-corrected chi connectivity index (χ1v) is 11.2. The molecule has 0 spiro atoms. The highest BCUT2D eigenvalue weighted by atomic mass is 19.1. The van der Waals surface area contributed by atoms with Crippen molar-refractivity contribution in [1.29, 1.82) is 0 Å². The fourth-order valence-corrected chi connectivity index (χ4v) is 3.90. The van der Waals surface area contributed by atoms with Gasteiger partial charge in [0.1, 0.15) is 11.5 Å². The Bertz CT molecular complexity index is 1040. The highest BCUT2D eigenvalue weighted by molar-refractivity contribution is 5.39. The van der Waals surface area contributed by atoms with E-state index in [4.69, 9.17) is 15.9 Å². The lowest BCUT2D eigenvalue weighted by Crippen LogP contribution is -2.23. The number of hydrogen-bond acceptors (Lipinski definition) is 2. The maximum Gasteiger partial charge on any atom is 0.165 e. The van der Waals surface area contributed by atoms with Gasteiger partial charge in [-0.2, -0.15) is 0 Å². The second kappa shape index (κ2) is 10.9. The summed E-state index contributed by atoms with van der Waals surface area (Å²) >= 11 is 0. The van der Waals surface area contributed by atoms with E-state index in [0.717, 1.165) is 42.6 Å². The monoisotopic (exact) mass is 430 g/mol. The summed E-state index contributed by atoms with van der Waals surface area (Å²) in [5.41, 5.74) is 1.82. The molecule has 0 bridgehead atoms. The van der Waals surface area contributed by atoms with Crippen molar-refractivity contribution in [2.24, 2.45) is 0 Å². The SMILES string of the molecule is C#CC(CC)(CCCc1ccc(F)c(Oc2ccccc2)c1)c1ccc(OC(C)C)cc1. The first kappa shape index (κ1) is 23.4. The minimum atomic E-state index is -0.368. The van der Waals surface area contributed by atoms with E-state index >= 15 is 0 Å². The molecule has 0 saturated carbocycles. The number of para-hydroxylation sites is 1. The van der Waals surface area contributed by atoms with Crippen molar-refractivity contribution in [3.8, 4) is 29.6 Å². The smallest absolute Gasteiger partial charge is 0.165 e. The molecule has 0 radical (unpaired) electrons. The van der Waals surface area contributed by atoms with E-state index in [2.05, 4.69) is 25.0 Å². The summed E-state index contributed by atoms with van der Waals surface area (Å²) in [6, 6.07) is 22.4. The van der Waals surface area contributed by atoms with E-state index < -0.39 is 0 Å². The van der Waals surface area contributed by atoms with Gasteiger partial charge in [-0.25, -0.2) is 4.39 Å². The predicted molar refractivity (Wildman–Crippen MR) is 129 cm³/mol. The van der Waals surface area contributed by atoms with Crippen LogP contribution in [0.25, 0.3) is 0 Å². The molecule has 0 amide bonds. The van der Waals surface area contributed by atoms with Crippen molar-refractivity contribution in [3.05, 3.63) is 89.7 Å². The number of benzene rings is 3. The molecule has 0 aliphatic carbocycles. The van der Waals surface area contributed by atoms with Gasteiger partial charge in [-0.1, -0.05) is 49.2 Å². The minimum Gasteiger partial charge on any atom is -0.491 e. The maximum absolute atomic E-state index is 14.2. The number of ether oxygens (including phenoxy) is 2. The molecular formula is C29H31FO2. The van der Waals surface area contributed by atoms with Crippen LogP contribution in [0.15, 0.2) is 72.8 Å². The lowest BCUT2D eigenvalue weighted by Gasteiger charge is -2.28. The summed E-state index contributed by atoms with van der Waals surface area (Å²) in [6.07, 6.45) is 9.54. The van der Waals surface area contributed by atoms with Gasteiger partial charge in [0, 0.05) is 0 Å². The molecule has 0 N–H and O–H groups in total. The number of hydrogen-bond donors (Lipinski definition) is 0. The van der Waals surface area contributed by atoms with Crippen LogP contribution in [0.3, 0.4) is 0 Å². The van der Waals surface area contributed by atoms with Crippen LogP contribution < -0.4 is 9.47 Å². The Kier molecular flexibility index (Phi) is 7.95. The molecule has 0 heterocycles. The minimum absolute atomic E-state index is 0.135. The summed E-state index contributed by atoms with van der Waals surface area (Å²) in [5.74, 6) is 4.40. The van der Waals surface area contributed by atoms with Crippen molar-refractivity contribution < 1.29 is 13.9 Å². The van der Waals surface area contributed by atoms with Gasteiger partial charge in [-0.05, 0) is 87.1 Å². The third kappa shape index (κ3) is 5.92. The summed E-state index contributed by atoms with van der Waals surface area (Å²) in [6.45, 7) is 6.15. The third-order valence-electron chi connectivity index (χ3n) is 5.69. The van der Waals surface area contributed by atoms with E-state index in [1.165, 1.54) is 6.07 Å². The first-order chi connectivity index (χ1) is 15.5. The molecule has 2 nitrogen and oxygen atoms in total. The van der Waals surface area contributed by atoms with Crippen LogP contribution in [0.5, 0.6) is 17.2 Å². The van der Waals surface area contributed by atoms with E-state index in [0.29, 0.717) is 5.75 Å². The van der Waals surface area contributed by atoms with Crippen LogP contribution in [-0.2, 0) is 11.8 Å². The fraction of sp³-hybridized carbons (Fsp3) is 0.310. The van der Waals surface area contributed by atoms with Gasteiger partial charge >= 0.3 is 0 Å². The van der Waals surface area contributed by atoms with Crippen LogP contribution in [0.4, 0.5) is 4.39 Å². The van der Waals surface area contributed by atoms with Crippen LogP contribution in [-0.4, -0.2) is 6.10 Å². The van der Waals surface area contributed by atoms with Gasteiger partial charge in [0.05, 0.1) is 11.5 Å². The van der Waals surface area contributed by atoms with Gasteiger partial charge in [-0.3, -0.25) is 0 Å². The van der Waals surface area contributed by atoms with Gasteiger partial charge < -0.3 is 9.47 Å². The Balaban J connectivity index is 1.68. The molecule has 32 heavy (non-hydrogen) atoms. The van der Waals surface area contributed by atoms with E-state index in [9.17, 15) is 4.39 Å². The largest absolute Gasteiger partial charge is 0.491 e. The Labute approximate surface area is 191 Å². The van der Waals surface area contributed by atoms with E-state index in [1.54, 1.807) is 6.07 Å². The first-order valence-electron chi connectivity index (χ1n) is 11.2. The molecule has 0 aliphatic heterocycles. The lowest BCUT2D eigenvalue weighted by molar-refractivity contribution is 0.242. The average Bonchev–Trinajstić information content (AvgIpc) is 2.80. The maximum atomic E-state index is 14.2. The van der Waals surface area contributed by atoms with Gasteiger partial charge in [-0.15, -0.1) is 6.42 Å². The Morgan fingerprint density at radius 1 is 0.969 bits per heavy atom. The lowest BCUT2D eigenvalue weighted by atomic mass is 9.75. The number of halogens is 1. The zero-order valence-corrected chi connectivity index (χ0v) is 19.1. The molecule has 3 heteroatoms. The molecule has 1 atom stereocenters. The number of rotatable bonds is 10. The average molecular weight is 431 g/mol. The summed E-state index contributed by atoms with van der Waals surface area (Å²) in [7, 11) is 0. The second-order valence-electron chi connectivity index (χ2n) is 8.30. The van der Waals surface area contributed by atoms with Gasteiger partial charge in [0.25, 0.3) is 0 Å². The van der Waals surface area contributed by atoms with Crippen LogP contribution in [0.1, 0.15) is 51.2 Å². The predicted octanol–water partition coefficient (Wildman–Crippen LogP) is 7.71. The molecule has 0 aromatic heterocycles. The normalized spacial score (nSPS) is 12.8.